The predicted octanol–water partition coefficient (Wildman–Crippen LogP) is 2.21. The minimum absolute atomic E-state index is 0.131. The number of nitrogens with one attached hydrogen (secondary N) is 1. The van der Waals surface area contributed by atoms with Crippen molar-refractivity contribution in [3.05, 3.63) is 46.5 Å². The first-order valence-electron chi connectivity index (χ1n) is 5.72. The molecule has 2 rings (SSSR count). The summed E-state index contributed by atoms with van der Waals surface area (Å²) in [5.41, 5.74) is 7.17. The third kappa shape index (κ3) is 2.94. The number of carbonyl (C=O) groups excluding carboxylic acids is 1. The van der Waals surface area contributed by atoms with Gasteiger partial charge in [-0.05, 0) is 31.5 Å². The molecule has 1 amide bonds. The number of nitrogens with zero attached hydrogens (tertiary/aromatic N) is 1. The molecule has 0 radical (unpaired) electrons. The molecule has 0 aliphatic heterocycles. The Kier molecular flexibility index (Phi) is 4.07. The first kappa shape index (κ1) is 12.7. The summed E-state index contributed by atoms with van der Waals surface area (Å²) in [6.45, 7) is 2.48. The molecule has 1 heterocycles. The molecule has 4 nitrogen and oxygen atoms in total. The Hall–Kier alpha value is -1.72. The second-order valence-electron chi connectivity index (χ2n) is 3.93. The minimum Gasteiger partial charge on any atom is -0.330 e. The number of aryl methyl sites for hydroxylation is 1. The Morgan fingerprint density at radius 3 is 2.89 bits per heavy atom. The lowest BCUT2D eigenvalue weighted by molar-refractivity contribution is 0.102. The summed E-state index contributed by atoms with van der Waals surface area (Å²) in [7, 11) is 0. The smallest absolute Gasteiger partial charge is 0.257 e. The lowest BCUT2D eigenvalue weighted by Gasteiger charge is -2.07. The van der Waals surface area contributed by atoms with Crippen molar-refractivity contribution in [1.82, 2.24) is 4.98 Å². The highest BCUT2D eigenvalue weighted by Gasteiger charge is 2.11. The van der Waals surface area contributed by atoms with E-state index in [1.807, 2.05) is 25.1 Å². The Morgan fingerprint density at radius 1 is 1.44 bits per heavy atom. The quantitative estimate of drug-likeness (QED) is 0.886. The van der Waals surface area contributed by atoms with Crippen LogP contribution in [0.25, 0.3) is 0 Å². The van der Waals surface area contributed by atoms with Gasteiger partial charge >= 0.3 is 0 Å². The molecule has 5 heteroatoms. The van der Waals surface area contributed by atoms with Crippen LogP contribution >= 0.6 is 11.3 Å². The van der Waals surface area contributed by atoms with E-state index in [1.54, 1.807) is 12.3 Å². The van der Waals surface area contributed by atoms with Crippen LogP contribution in [0, 0.1) is 6.92 Å². The van der Waals surface area contributed by atoms with Crippen LogP contribution in [0.4, 0.5) is 5.13 Å². The molecule has 0 bridgehead atoms. The number of nitrogens with two attached hydrogens (primary N) is 1. The maximum absolute atomic E-state index is 12.1. The molecule has 3 N–H and O–H groups in total. The van der Waals surface area contributed by atoms with E-state index in [0.29, 0.717) is 23.7 Å². The Morgan fingerprint density at radius 2 is 2.22 bits per heavy atom. The topological polar surface area (TPSA) is 68.0 Å². The van der Waals surface area contributed by atoms with Crippen molar-refractivity contribution in [1.29, 1.82) is 0 Å². The van der Waals surface area contributed by atoms with Crippen LogP contribution in [0.2, 0.25) is 0 Å². The van der Waals surface area contributed by atoms with Gasteiger partial charge in [0, 0.05) is 16.6 Å². The maximum Gasteiger partial charge on any atom is 0.257 e. The van der Waals surface area contributed by atoms with Crippen LogP contribution in [0.15, 0.2) is 30.5 Å². The second kappa shape index (κ2) is 5.75. The highest BCUT2D eigenvalue weighted by molar-refractivity contribution is 7.15. The van der Waals surface area contributed by atoms with Gasteiger partial charge in [-0.25, -0.2) is 4.98 Å². The molecule has 0 unspecified atom stereocenters. The third-order valence-electron chi connectivity index (χ3n) is 2.52. The van der Waals surface area contributed by atoms with Gasteiger partial charge in [0.05, 0.1) is 0 Å². The highest BCUT2D eigenvalue weighted by atomic mass is 32.1. The second-order valence-corrected chi connectivity index (χ2v) is 5.16. The van der Waals surface area contributed by atoms with Gasteiger partial charge < -0.3 is 5.73 Å². The Balaban J connectivity index is 2.18. The van der Waals surface area contributed by atoms with Gasteiger partial charge in [-0.1, -0.05) is 18.2 Å². The largest absolute Gasteiger partial charge is 0.330 e. The molecular formula is C13H15N3OS. The maximum atomic E-state index is 12.1. The summed E-state index contributed by atoms with van der Waals surface area (Å²) >= 11 is 1.46. The Bertz CT molecular complexity index is 551. The van der Waals surface area contributed by atoms with Gasteiger partial charge in [0.15, 0.2) is 5.13 Å². The molecule has 2 aromatic rings. The Labute approximate surface area is 110 Å². The van der Waals surface area contributed by atoms with E-state index >= 15 is 0 Å². The number of hydrogen-bond donors (Lipinski definition) is 2. The van der Waals surface area contributed by atoms with E-state index in [2.05, 4.69) is 10.3 Å². The lowest BCUT2D eigenvalue weighted by Crippen LogP contribution is -2.15. The minimum atomic E-state index is -0.131. The van der Waals surface area contributed by atoms with E-state index in [-0.39, 0.29) is 5.91 Å². The van der Waals surface area contributed by atoms with Gasteiger partial charge in [0.25, 0.3) is 5.91 Å². The van der Waals surface area contributed by atoms with E-state index in [0.717, 1.165) is 10.4 Å². The average molecular weight is 261 g/mol. The molecule has 0 aliphatic rings. The van der Waals surface area contributed by atoms with Crippen molar-refractivity contribution in [2.75, 3.05) is 11.9 Å². The lowest BCUT2D eigenvalue weighted by atomic mass is 10.0. The molecule has 1 aromatic carbocycles. The van der Waals surface area contributed by atoms with E-state index < -0.39 is 0 Å². The number of hydrogen-bond acceptors (Lipinski definition) is 4. The fourth-order valence-electron chi connectivity index (χ4n) is 1.69. The fraction of sp³-hybridized carbons (Fsp3) is 0.231. The number of rotatable bonds is 4. The molecule has 94 valence electrons. The SMILES string of the molecule is Cc1cnc(NC(=O)c2ccccc2CCN)s1. The first-order valence-corrected chi connectivity index (χ1v) is 6.54. The van der Waals surface area contributed by atoms with Gasteiger partial charge in [0.2, 0.25) is 0 Å². The number of carbonyl (C=O) groups is 1. The zero-order valence-electron chi connectivity index (χ0n) is 10.1. The normalized spacial score (nSPS) is 10.3. The summed E-state index contributed by atoms with van der Waals surface area (Å²) in [6.07, 6.45) is 2.44. The van der Waals surface area contributed by atoms with Gasteiger partial charge in [-0.15, -0.1) is 11.3 Å². The standard InChI is InChI=1S/C13H15N3OS/c1-9-8-15-13(18-9)16-12(17)11-5-3-2-4-10(11)6-7-14/h2-5,8H,6-7,14H2,1H3,(H,15,16,17). The van der Waals surface area contributed by atoms with Crippen LogP contribution in [0.5, 0.6) is 0 Å². The molecular weight excluding hydrogens is 246 g/mol. The molecule has 0 saturated carbocycles. The summed E-state index contributed by atoms with van der Waals surface area (Å²) < 4.78 is 0. The number of thiazole rings is 1. The summed E-state index contributed by atoms with van der Waals surface area (Å²) in [5, 5.41) is 3.43. The van der Waals surface area contributed by atoms with E-state index in [4.69, 9.17) is 5.73 Å². The average Bonchev–Trinajstić information content (AvgIpc) is 2.76. The van der Waals surface area contributed by atoms with Crippen molar-refractivity contribution in [2.24, 2.45) is 5.73 Å². The molecule has 1 aromatic heterocycles. The molecule has 0 fully saturated rings. The van der Waals surface area contributed by atoms with Gasteiger partial charge in [0.1, 0.15) is 0 Å². The number of benzene rings is 1. The number of amides is 1. The number of aromatic nitrogens is 1. The molecule has 0 aliphatic carbocycles. The number of anilines is 1. The zero-order chi connectivity index (χ0) is 13.0. The summed E-state index contributed by atoms with van der Waals surface area (Å²) in [5.74, 6) is -0.131. The highest BCUT2D eigenvalue weighted by Crippen LogP contribution is 2.18. The van der Waals surface area contributed by atoms with E-state index in [9.17, 15) is 4.79 Å². The molecule has 18 heavy (non-hydrogen) atoms. The summed E-state index contributed by atoms with van der Waals surface area (Å²) in [6, 6.07) is 7.49. The summed E-state index contributed by atoms with van der Waals surface area (Å²) in [4.78, 5) is 17.3. The van der Waals surface area contributed by atoms with Crippen molar-refractivity contribution >= 4 is 22.4 Å². The van der Waals surface area contributed by atoms with Gasteiger partial charge in [-0.2, -0.15) is 0 Å². The first-order chi connectivity index (χ1) is 8.70. The fourth-order valence-corrected chi connectivity index (χ4v) is 2.35. The van der Waals surface area contributed by atoms with E-state index in [1.165, 1.54) is 11.3 Å². The predicted molar refractivity (Wildman–Crippen MR) is 74.0 cm³/mol. The van der Waals surface area contributed by atoms with Crippen molar-refractivity contribution in [3.8, 4) is 0 Å². The van der Waals surface area contributed by atoms with Crippen LogP contribution in [0.1, 0.15) is 20.8 Å². The van der Waals surface area contributed by atoms with Crippen LogP contribution < -0.4 is 11.1 Å². The van der Waals surface area contributed by atoms with Crippen molar-refractivity contribution < 1.29 is 4.79 Å². The van der Waals surface area contributed by atoms with Crippen LogP contribution in [-0.4, -0.2) is 17.4 Å². The monoisotopic (exact) mass is 261 g/mol. The molecule has 0 atom stereocenters. The van der Waals surface area contributed by atoms with Crippen molar-refractivity contribution in [2.45, 2.75) is 13.3 Å². The molecule has 0 saturated heterocycles. The van der Waals surface area contributed by atoms with Crippen LogP contribution in [-0.2, 0) is 6.42 Å². The van der Waals surface area contributed by atoms with Gasteiger partial charge in [-0.3, -0.25) is 10.1 Å². The molecule has 0 spiro atoms. The van der Waals surface area contributed by atoms with Crippen LogP contribution in [0.3, 0.4) is 0 Å². The zero-order valence-corrected chi connectivity index (χ0v) is 11.0. The third-order valence-corrected chi connectivity index (χ3v) is 3.35. The van der Waals surface area contributed by atoms with Crippen molar-refractivity contribution in [3.63, 3.8) is 0 Å².